The van der Waals surface area contributed by atoms with Gasteiger partial charge in [0.25, 0.3) is 5.91 Å². The van der Waals surface area contributed by atoms with Crippen molar-refractivity contribution in [2.24, 2.45) is 5.16 Å². The number of hydrogen-bond donors (Lipinski definition) is 2. The van der Waals surface area contributed by atoms with Crippen LogP contribution in [0.2, 0.25) is 0 Å². The molecule has 1 atom stereocenters. The van der Waals surface area contributed by atoms with Gasteiger partial charge in [0.05, 0.1) is 12.3 Å². The first-order chi connectivity index (χ1) is 14.1. The molecule has 0 fully saturated rings. The zero-order valence-electron chi connectivity index (χ0n) is 15.5. The van der Waals surface area contributed by atoms with E-state index in [1.165, 1.54) is 18.3 Å². The molecule has 0 saturated carbocycles. The maximum atomic E-state index is 12.5. The van der Waals surface area contributed by atoms with E-state index in [1.807, 2.05) is 30.3 Å². The van der Waals surface area contributed by atoms with Crippen LogP contribution in [0, 0.1) is 0 Å². The number of nitrogens with one attached hydrogen (secondary N) is 2. The van der Waals surface area contributed by atoms with E-state index in [9.17, 15) is 9.59 Å². The molecule has 4 rings (SSSR count). The Morgan fingerprint density at radius 3 is 2.83 bits per heavy atom. The van der Waals surface area contributed by atoms with Crippen LogP contribution in [0.25, 0.3) is 11.5 Å². The second kappa shape index (κ2) is 8.27. The van der Waals surface area contributed by atoms with Gasteiger partial charge >= 0.3 is 0 Å². The number of anilines is 1. The number of nitrogens with zero attached hydrogens (tertiary/aromatic N) is 2. The highest BCUT2D eigenvalue weighted by molar-refractivity contribution is 7.14. The van der Waals surface area contributed by atoms with Crippen LogP contribution < -0.4 is 10.6 Å². The highest BCUT2D eigenvalue weighted by Gasteiger charge is 2.29. The molecule has 3 heterocycles. The molecule has 2 aromatic heterocycles. The average molecular weight is 410 g/mol. The molecule has 0 bridgehead atoms. The van der Waals surface area contributed by atoms with Crippen molar-refractivity contribution >= 4 is 34.0 Å². The third-order valence-electron chi connectivity index (χ3n) is 4.23. The lowest BCUT2D eigenvalue weighted by molar-refractivity contribution is -0.125. The number of thiazole rings is 1. The van der Waals surface area contributed by atoms with Crippen molar-refractivity contribution in [2.45, 2.75) is 26.0 Å². The van der Waals surface area contributed by atoms with Gasteiger partial charge in [0, 0.05) is 18.7 Å². The molecule has 0 radical (unpaired) electrons. The minimum absolute atomic E-state index is 0.130. The highest BCUT2D eigenvalue weighted by Crippen LogP contribution is 2.27. The molecule has 1 aromatic carbocycles. The van der Waals surface area contributed by atoms with Crippen LogP contribution in [0.3, 0.4) is 0 Å². The van der Waals surface area contributed by atoms with Crippen LogP contribution in [0.1, 0.15) is 24.7 Å². The van der Waals surface area contributed by atoms with E-state index >= 15 is 0 Å². The molecular weight excluding hydrogens is 392 g/mol. The zero-order chi connectivity index (χ0) is 20.2. The van der Waals surface area contributed by atoms with Crippen molar-refractivity contribution in [2.75, 3.05) is 5.32 Å². The number of furan rings is 1. The summed E-state index contributed by atoms with van der Waals surface area (Å²) in [6.45, 7) is 1.76. The Kier molecular flexibility index (Phi) is 5.39. The van der Waals surface area contributed by atoms with Crippen molar-refractivity contribution in [1.82, 2.24) is 10.3 Å². The Bertz CT molecular complexity index is 1060. The minimum Gasteiger partial charge on any atom is -0.458 e. The summed E-state index contributed by atoms with van der Waals surface area (Å²) in [6.07, 6.45) is -0.288. The molecule has 1 aliphatic heterocycles. The minimum atomic E-state index is -0.689. The van der Waals surface area contributed by atoms with Crippen molar-refractivity contribution in [3.8, 4) is 11.5 Å². The van der Waals surface area contributed by atoms with Crippen molar-refractivity contribution in [3.05, 3.63) is 59.2 Å². The fourth-order valence-electron chi connectivity index (χ4n) is 2.77. The molecule has 2 N–H and O–H groups in total. The number of amides is 2. The molecule has 0 spiro atoms. The van der Waals surface area contributed by atoms with Crippen molar-refractivity contribution < 1.29 is 18.8 Å². The molecule has 148 valence electrons. The maximum Gasteiger partial charge on any atom is 0.270 e. The van der Waals surface area contributed by atoms with Gasteiger partial charge in [0.15, 0.2) is 10.9 Å². The van der Waals surface area contributed by atoms with Crippen LogP contribution in [0.4, 0.5) is 5.13 Å². The smallest absolute Gasteiger partial charge is 0.270 e. The predicted octanol–water partition coefficient (Wildman–Crippen LogP) is 3.17. The van der Waals surface area contributed by atoms with Gasteiger partial charge in [0.2, 0.25) is 12.0 Å². The summed E-state index contributed by atoms with van der Waals surface area (Å²) in [5, 5.41) is 11.7. The third-order valence-corrected chi connectivity index (χ3v) is 4.99. The molecule has 8 nitrogen and oxygen atoms in total. The Morgan fingerprint density at radius 1 is 1.21 bits per heavy atom. The fraction of sp³-hybridized carbons (Fsp3) is 0.200. The number of carbonyl (C=O) groups is 2. The summed E-state index contributed by atoms with van der Waals surface area (Å²) in [4.78, 5) is 33.2. The molecule has 2 amide bonds. The molecule has 1 unspecified atom stereocenters. The van der Waals surface area contributed by atoms with E-state index in [2.05, 4.69) is 20.8 Å². The standard InChI is InChI=1S/C20H18N4O4S/c1-12(25)21-10-14-7-8-17(27-14)16-11-29-20(22-16)23-19(26)18-9-15(24-28-18)13-5-3-2-4-6-13/h2-8,11,18H,9-10H2,1H3,(H,21,25)(H,22,23,26). The molecule has 3 aromatic rings. The van der Waals surface area contributed by atoms with Gasteiger partial charge in [0.1, 0.15) is 11.5 Å². The van der Waals surface area contributed by atoms with Gasteiger partial charge < -0.3 is 14.6 Å². The Hall–Kier alpha value is -3.46. The SMILES string of the molecule is CC(=O)NCc1ccc(-c2csc(NC(=O)C3CC(c4ccccc4)=NO3)n2)o1. The first-order valence-corrected chi connectivity index (χ1v) is 9.84. The second-order valence-electron chi connectivity index (χ2n) is 6.41. The van der Waals surface area contributed by atoms with Gasteiger partial charge in [-0.2, -0.15) is 0 Å². The normalized spacial score (nSPS) is 15.5. The Labute approximate surface area is 170 Å². The first kappa shape index (κ1) is 18.9. The Morgan fingerprint density at radius 2 is 2.03 bits per heavy atom. The zero-order valence-corrected chi connectivity index (χ0v) is 16.4. The lowest BCUT2D eigenvalue weighted by Crippen LogP contribution is -2.27. The summed E-state index contributed by atoms with van der Waals surface area (Å²) < 4.78 is 5.67. The molecule has 1 aliphatic rings. The molecule has 0 aliphatic carbocycles. The van der Waals surface area contributed by atoms with Crippen LogP contribution >= 0.6 is 11.3 Å². The van der Waals surface area contributed by atoms with E-state index < -0.39 is 6.10 Å². The van der Waals surface area contributed by atoms with E-state index in [4.69, 9.17) is 9.25 Å². The number of aromatic nitrogens is 1. The van der Waals surface area contributed by atoms with E-state index in [-0.39, 0.29) is 11.8 Å². The quantitative estimate of drug-likeness (QED) is 0.649. The van der Waals surface area contributed by atoms with Gasteiger partial charge in [-0.15, -0.1) is 11.3 Å². The topological polar surface area (TPSA) is 106 Å². The van der Waals surface area contributed by atoms with Crippen LogP contribution in [-0.4, -0.2) is 28.6 Å². The molecule has 9 heteroatoms. The second-order valence-corrected chi connectivity index (χ2v) is 7.26. The van der Waals surface area contributed by atoms with Crippen LogP contribution in [0.5, 0.6) is 0 Å². The average Bonchev–Trinajstić information content (AvgIpc) is 3.47. The maximum absolute atomic E-state index is 12.5. The summed E-state index contributed by atoms with van der Waals surface area (Å²) >= 11 is 1.29. The highest BCUT2D eigenvalue weighted by atomic mass is 32.1. The predicted molar refractivity (Wildman–Crippen MR) is 108 cm³/mol. The number of rotatable bonds is 6. The van der Waals surface area contributed by atoms with Crippen LogP contribution in [0.15, 0.2) is 57.4 Å². The number of benzene rings is 1. The summed E-state index contributed by atoms with van der Waals surface area (Å²) in [7, 11) is 0. The van der Waals surface area contributed by atoms with Gasteiger partial charge in [-0.1, -0.05) is 35.5 Å². The Balaban J connectivity index is 1.35. The molecule has 0 saturated heterocycles. The fourth-order valence-corrected chi connectivity index (χ4v) is 3.47. The first-order valence-electron chi connectivity index (χ1n) is 8.96. The summed E-state index contributed by atoms with van der Waals surface area (Å²) in [5.41, 5.74) is 2.29. The third kappa shape index (κ3) is 4.52. The van der Waals surface area contributed by atoms with Gasteiger partial charge in [-0.05, 0) is 17.7 Å². The van der Waals surface area contributed by atoms with Crippen molar-refractivity contribution in [1.29, 1.82) is 0 Å². The molecule has 29 heavy (non-hydrogen) atoms. The molecular formula is C20H18N4O4S. The largest absolute Gasteiger partial charge is 0.458 e. The summed E-state index contributed by atoms with van der Waals surface area (Å²) in [5.74, 6) is 0.758. The van der Waals surface area contributed by atoms with Crippen LogP contribution in [-0.2, 0) is 21.0 Å². The lowest BCUT2D eigenvalue weighted by Gasteiger charge is -2.06. The van der Waals surface area contributed by atoms with E-state index in [1.54, 1.807) is 17.5 Å². The summed E-state index contributed by atoms with van der Waals surface area (Å²) in [6, 6.07) is 13.2. The van der Waals surface area contributed by atoms with Crippen molar-refractivity contribution in [3.63, 3.8) is 0 Å². The number of hydrogen-bond acceptors (Lipinski definition) is 7. The lowest BCUT2D eigenvalue weighted by atomic mass is 10.1. The van der Waals surface area contributed by atoms with E-state index in [0.29, 0.717) is 35.3 Å². The monoisotopic (exact) mass is 410 g/mol. The number of carbonyl (C=O) groups excluding carboxylic acids is 2. The van der Waals surface area contributed by atoms with Gasteiger partial charge in [-0.3, -0.25) is 14.9 Å². The van der Waals surface area contributed by atoms with Gasteiger partial charge in [-0.25, -0.2) is 4.98 Å². The number of oxime groups is 1. The van der Waals surface area contributed by atoms with E-state index in [0.717, 1.165) is 11.3 Å².